The first kappa shape index (κ1) is 15.8. The lowest BCUT2D eigenvalue weighted by Crippen LogP contribution is -2.53. The molecule has 5 atom stereocenters. The van der Waals surface area contributed by atoms with Gasteiger partial charge in [0.15, 0.2) is 0 Å². The Morgan fingerprint density at radius 3 is 2.48 bits per heavy atom. The molecular formula is C14H23N3O4. The van der Waals surface area contributed by atoms with Crippen LogP contribution < -0.4 is 16.4 Å². The summed E-state index contributed by atoms with van der Waals surface area (Å²) in [6, 6.07) is -1.11. The molecule has 0 radical (unpaired) electrons. The molecule has 0 heterocycles. The molecule has 0 aromatic heterocycles. The van der Waals surface area contributed by atoms with Crippen LogP contribution >= 0.6 is 0 Å². The van der Waals surface area contributed by atoms with E-state index in [1.807, 2.05) is 0 Å². The van der Waals surface area contributed by atoms with Crippen LogP contribution in [0, 0.1) is 17.8 Å². The second kappa shape index (κ2) is 6.43. The summed E-state index contributed by atoms with van der Waals surface area (Å²) in [5.74, 6) is -0.515. The van der Waals surface area contributed by atoms with Crippen molar-refractivity contribution in [2.24, 2.45) is 23.5 Å². The summed E-state index contributed by atoms with van der Waals surface area (Å²) in [4.78, 5) is 34.4. The molecule has 118 valence electrons. The van der Waals surface area contributed by atoms with E-state index < -0.39 is 30.5 Å². The number of carbonyl (C=O) groups is 3. The number of rotatable bonds is 6. The predicted octanol–water partition coefficient (Wildman–Crippen LogP) is -0.197. The molecule has 2 rings (SSSR count). The number of carboxylic acids is 1. The van der Waals surface area contributed by atoms with Crippen molar-refractivity contribution in [1.82, 2.24) is 10.6 Å². The highest BCUT2D eigenvalue weighted by Crippen LogP contribution is 2.48. The Kier molecular flexibility index (Phi) is 4.82. The van der Waals surface area contributed by atoms with Crippen LogP contribution in [0.25, 0.3) is 0 Å². The Balaban J connectivity index is 1.76. The van der Waals surface area contributed by atoms with E-state index in [1.54, 1.807) is 6.92 Å². The number of hydrogen-bond acceptors (Lipinski definition) is 4. The Labute approximate surface area is 123 Å². The van der Waals surface area contributed by atoms with Gasteiger partial charge in [-0.15, -0.1) is 0 Å². The first-order chi connectivity index (χ1) is 9.86. The monoisotopic (exact) mass is 297 g/mol. The smallest absolute Gasteiger partial charge is 0.305 e. The maximum absolute atomic E-state index is 12.2. The van der Waals surface area contributed by atoms with Gasteiger partial charge in [-0.25, -0.2) is 0 Å². The molecule has 2 aliphatic rings. The Bertz CT molecular complexity index is 440. The number of hydrogen-bond donors (Lipinski definition) is 4. The van der Waals surface area contributed by atoms with Crippen molar-refractivity contribution in [2.75, 3.05) is 0 Å². The Morgan fingerprint density at radius 2 is 1.95 bits per heavy atom. The van der Waals surface area contributed by atoms with Gasteiger partial charge < -0.3 is 21.5 Å². The number of fused-ring (bicyclic) bond motifs is 2. The van der Waals surface area contributed by atoms with Gasteiger partial charge in [-0.05, 0) is 38.0 Å². The summed E-state index contributed by atoms with van der Waals surface area (Å²) in [6.45, 7) is 1.65. The average molecular weight is 297 g/mol. The number of nitrogens with two attached hydrogens (primary N) is 1. The number of carbonyl (C=O) groups excluding carboxylic acids is 2. The summed E-state index contributed by atoms with van der Waals surface area (Å²) in [6.07, 6.45) is 3.44. The van der Waals surface area contributed by atoms with Gasteiger partial charge in [-0.2, -0.15) is 0 Å². The SMILES string of the molecule is C[C@H](NC(=O)C1CC2CCC1C2)NC(=O)[C@@H](N)CC(=O)O. The second-order valence-electron chi connectivity index (χ2n) is 6.22. The highest BCUT2D eigenvalue weighted by atomic mass is 16.4. The number of carboxylic acid groups (broad SMARTS) is 1. The van der Waals surface area contributed by atoms with Crippen LogP contribution in [0.1, 0.15) is 39.0 Å². The number of nitrogens with one attached hydrogen (secondary N) is 2. The van der Waals surface area contributed by atoms with Crippen LogP contribution in [-0.4, -0.2) is 35.1 Å². The third-order valence-electron chi connectivity index (χ3n) is 4.52. The van der Waals surface area contributed by atoms with Crippen LogP contribution in [0.2, 0.25) is 0 Å². The molecule has 2 bridgehead atoms. The van der Waals surface area contributed by atoms with E-state index in [0.29, 0.717) is 11.8 Å². The van der Waals surface area contributed by atoms with Crippen LogP contribution in [0.4, 0.5) is 0 Å². The van der Waals surface area contributed by atoms with E-state index in [4.69, 9.17) is 10.8 Å². The zero-order valence-corrected chi connectivity index (χ0v) is 12.2. The van der Waals surface area contributed by atoms with Gasteiger partial charge in [0.25, 0.3) is 0 Å². The number of amides is 2. The fourth-order valence-corrected chi connectivity index (χ4v) is 3.52. The first-order valence-electron chi connectivity index (χ1n) is 7.45. The molecule has 2 saturated carbocycles. The van der Waals surface area contributed by atoms with Crippen molar-refractivity contribution < 1.29 is 19.5 Å². The predicted molar refractivity (Wildman–Crippen MR) is 74.9 cm³/mol. The van der Waals surface area contributed by atoms with E-state index >= 15 is 0 Å². The standard InChI is InChI=1S/C14H23N3O4/c1-7(17-14(21)11(15)6-12(18)19)16-13(20)10-5-8-2-3-9(10)4-8/h7-11H,2-6,15H2,1H3,(H,16,20)(H,17,21)(H,18,19)/t7-,8?,9?,10?,11+/m1/s1. The maximum atomic E-state index is 12.2. The molecule has 3 unspecified atom stereocenters. The van der Waals surface area contributed by atoms with Crippen molar-refractivity contribution in [1.29, 1.82) is 0 Å². The van der Waals surface area contributed by atoms with E-state index in [0.717, 1.165) is 19.3 Å². The normalized spacial score (nSPS) is 29.7. The van der Waals surface area contributed by atoms with Gasteiger partial charge in [0.2, 0.25) is 11.8 Å². The summed E-state index contributed by atoms with van der Waals surface area (Å²) >= 11 is 0. The van der Waals surface area contributed by atoms with Crippen molar-refractivity contribution >= 4 is 17.8 Å². The lowest BCUT2D eigenvalue weighted by Gasteiger charge is -2.24. The van der Waals surface area contributed by atoms with Gasteiger partial charge >= 0.3 is 5.97 Å². The molecule has 0 aliphatic heterocycles. The van der Waals surface area contributed by atoms with E-state index in [1.165, 1.54) is 6.42 Å². The highest BCUT2D eigenvalue weighted by Gasteiger charge is 2.43. The summed E-state index contributed by atoms with van der Waals surface area (Å²) in [7, 11) is 0. The quantitative estimate of drug-likeness (QED) is 0.506. The fourth-order valence-electron chi connectivity index (χ4n) is 3.52. The minimum atomic E-state index is -1.13. The maximum Gasteiger partial charge on any atom is 0.305 e. The van der Waals surface area contributed by atoms with Crippen LogP contribution in [0.15, 0.2) is 0 Å². The van der Waals surface area contributed by atoms with E-state index in [9.17, 15) is 14.4 Å². The van der Waals surface area contributed by atoms with Crippen molar-refractivity contribution in [2.45, 2.75) is 51.2 Å². The molecule has 7 nitrogen and oxygen atoms in total. The lowest BCUT2D eigenvalue weighted by atomic mass is 9.88. The van der Waals surface area contributed by atoms with Gasteiger partial charge in [-0.1, -0.05) is 6.42 Å². The van der Waals surface area contributed by atoms with E-state index in [2.05, 4.69) is 10.6 Å². The van der Waals surface area contributed by atoms with Crippen molar-refractivity contribution in [3.63, 3.8) is 0 Å². The fraction of sp³-hybridized carbons (Fsp3) is 0.786. The molecule has 0 aromatic carbocycles. The minimum Gasteiger partial charge on any atom is -0.481 e. The molecule has 2 aliphatic carbocycles. The molecule has 7 heteroatoms. The van der Waals surface area contributed by atoms with Crippen LogP contribution in [0.3, 0.4) is 0 Å². The topological polar surface area (TPSA) is 122 Å². The molecule has 5 N–H and O–H groups in total. The second-order valence-corrected chi connectivity index (χ2v) is 6.22. The summed E-state index contributed by atoms with van der Waals surface area (Å²) in [5, 5.41) is 13.9. The molecule has 2 fully saturated rings. The largest absolute Gasteiger partial charge is 0.481 e. The summed E-state index contributed by atoms with van der Waals surface area (Å²) in [5.41, 5.74) is 5.46. The average Bonchev–Trinajstić information content (AvgIpc) is 2.99. The molecule has 21 heavy (non-hydrogen) atoms. The third-order valence-corrected chi connectivity index (χ3v) is 4.52. The zero-order valence-electron chi connectivity index (χ0n) is 12.2. The Hall–Kier alpha value is -1.63. The van der Waals surface area contributed by atoms with Crippen molar-refractivity contribution in [3.8, 4) is 0 Å². The molecular weight excluding hydrogens is 274 g/mol. The van der Waals surface area contributed by atoms with Gasteiger partial charge in [0, 0.05) is 5.92 Å². The van der Waals surface area contributed by atoms with Crippen LogP contribution in [-0.2, 0) is 14.4 Å². The molecule has 0 spiro atoms. The van der Waals surface area contributed by atoms with Gasteiger partial charge in [-0.3, -0.25) is 14.4 Å². The zero-order chi connectivity index (χ0) is 15.6. The van der Waals surface area contributed by atoms with Crippen molar-refractivity contribution in [3.05, 3.63) is 0 Å². The molecule has 0 aromatic rings. The van der Waals surface area contributed by atoms with Gasteiger partial charge in [0.05, 0.1) is 18.6 Å². The Morgan fingerprint density at radius 1 is 1.24 bits per heavy atom. The molecule has 0 saturated heterocycles. The van der Waals surface area contributed by atoms with Gasteiger partial charge in [0.1, 0.15) is 0 Å². The lowest BCUT2D eigenvalue weighted by molar-refractivity contribution is -0.139. The van der Waals surface area contributed by atoms with Crippen LogP contribution in [0.5, 0.6) is 0 Å². The first-order valence-corrected chi connectivity index (χ1v) is 7.45. The number of aliphatic carboxylic acids is 1. The summed E-state index contributed by atoms with van der Waals surface area (Å²) < 4.78 is 0. The third kappa shape index (κ3) is 3.93. The highest BCUT2D eigenvalue weighted by molar-refractivity contribution is 5.86. The molecule has 2 amide bonds. The minimum absolute atomic E-state index is 0.0261. The van der Waals surface area contributed by atoms with E-state index in [-0.39, 0.29) is 11.8 Å².